The maximum Gasteiger partial charge on any atom is 0.419 e. The predicted octanol–water partition coefficient (Wildman–Crippen LogP) is 3.59. The molecule has 0 fully saturated rings. The quantitative estimate of drug-likeness (QED) is 0.492. The van der Waals surface area contributed by atoms with Crippen LogP contribution in [-0.2, 0) is 13.2 Å². The number of hydrogen-bond donors (Lipinski definition) is 0. The second kappa shape index (κ2) is 5.28. The molecule has 0 atom stereocenters. The van der Waals surface area contributed by atoms with Crippen LogP contribution >= 0.6 is 0 Å². The molecule has 0 amide bonds. The summed E-state index contributed by atoms with van der Waals surface area (Å²) in [6, 6.07) is 1.95. The maximum absolute atomic E-state index is 13.2. The lowest BCUT2D eigenvalue weighted by Gasteiger charge is -2.10. The summed E-state index contributed by atoms with van der Waals surface area (Å²) in [7, 11) is 1.34. The molecule has 0 N–H and O–H groups in total. The van der Waals surface area contributed by atoms with E-state index in [2.05, 4.69) is 5.10 Å². The van der Waals surface area contributed by atoms with Gasteiger partial charge in [-0.2, -0.15) is 18.3 Å². The summed E-state index contributed by atoms with van der Waals surface area (Å²) in [5, 5.41) is 14.7. The Morgan fingerprint density at radius 2 is 2.00 bits per heavy atom. The minimum absolute atomic E-state index is 0.0423. The predicted molar refractivity (Wildman–Crippen MR) is 66.1 cm³/mol. The van der Waals surface area contributed by atoms with Crippen molar-refractivity contribution in [3.8, 4) is 11.6 Å². The summed E-state index contributed by atoms with van der Waals surface area (Å²) in [6.45, 7) is 1.36. The Bertz CT molecular complexity index is 740. The molecule has 0 aliphatic rings. The zero-order chi connectivity index (χ0) is 16.7. The summed E-state index contributed by atoms with van der Waals surface area (Å²) < 4.78 is 57.2. The highest BCUT2D eigenvalue weighted by molar-refractivity contribution is 5.48. The van der Waals surface area contributed by atoms with Crippen molar-refractivity contribution in [3.05, 3.63) is 45.4 Å². The average Bonchev–Trinajstić information content (AvgIpc) is 2.65. The van der Waals surface area contributed by atoms with Gasteiger partial charge in [-0.3, -0.25) is 10.1 Å². The normalized spacial score (nSPS) is 11.5. The first kappa shape index (κ1) is 15.7. The summed E-state index contributed by atoms with van der Waals surface area (Å²) in [4.78, 5) is 10.2. The van der Waals surface area contributed by atoms with E-state index in [4.69, 9.17) is 4.74 Å². The first-order chi connectivity index (χ1) is 10.1. The fraction of sp³-hybridized carbons (Fsp3) is 0.250. The van der Waals surface area contributed by atoms with Gasteiger partial charge >= 0.3 is 11.9 Å². The van der Waals surface area contributed by atoms with Crippen LogP contribution in [-0.4, -0.2) is 14.7 Å². The molecule has 0 saturated carbocycles. The molecule has 22 heavy (non-hydrogen) atoms. The van der Waals surface area contributed by atoms with Gasteiger partial charge in [-0.05, 0) is 25.1 Å². The molecular weight excluding hydrogens is 310 g/mol. The number of alkyl halides is 3. The van der Waals surface area contributed by atoms with Gasteiger partial charge in [0.15, 0.2) is 0 Å². The topological polar surface area (TPSA) is 70.2 Å². The number of ether oxygens (including phenoxy) is 1. The highest BCUT2D eigenvalue weighted by Crippen LogP contribution is 2.37. The molecule has 0 bridgehead atoms. The molecule has 10 heteroatoms. The first-order valence-corrected chi connectivity index (χ1v) is 5.84. The molecular formula is C12H9F4N3O3. The van der Waals surface area contributed by atoms with Gasteiger partial charge in [0.2, 0.25) is 0 Å². The van der Waals surface area contributed by atoms with Crippen LogP contribution in [0.4, 0.5) is 23.2 Å². The van der Waals surface area contributed by atoms with Crippen LogP contribution in [0.15, 0.2) is 18.2 Å². The van der Waals surface area contributed by atoms with Crippen molar-refractivity contribution in [1.29, 1.82) is 0 Å². The largest absolute Gasteiger partial charge is 0.434 e. The molecule has 1 heterocycles. The number of rotatable bonds is 3. The van der Waals surface area contributed by atoms with Crippen molar-refractivity contribution < 1.29 is 27.2 Å². The van der Waals surface area contributed by atoms with Gasteiger partial charge in [0.25, 0.3) is 5.88 Å². The van der Waals surface area contributed by atoms with Crippen LogP contribution < -0.4 is 4.74 Å². The Morgan fingerprint density at radius 3 is 2.55 bits per heavy atom. The zero-order valence-electron chi connectivity index (χ0n) is 11.3. The van der Waals surface area contributed by atoms with Gasteiger partial charge in [0.05, 0.1) is 10.5 Å². The van der Waals surface area contributed by atoms with Crippen LogP contribution in [0.5, 0.6) is 11.6 Å². The highest BCUT2D eigenvalue weighted by atomic mass is 19.4. The minimum atomic E-state index is -4.90. The fourth-order valence-corrected chi connectivity index (χ4v) is 1.85. The van der Waals surface area contributed by atoms with Crippen LogP contribution in [0.3, 0.4) is 0 Å². The second-order valence-electron chi connectivity index (χ2n) is 4.36. The highest BCUT2D eigenvalue weighted by Gasteiger charge is 2.35. The average molecular weight is 319 g/mol. The van der Waals surface area contributed by atoms with E-state index in [0.29, 0.717) is 12.1 Å². The lowest BCUT2D eigenvalue weighted by molar-refractivity contribution is -0.386. The Labute approximate surface area is 121 Å². The Balaban J connectivity index is 2.47. The lowest BCUT2D eigenvalue weighted by atomic mass is 10.2. The van der Waals surface area contributed by atoms with Crippen LogP contribution in [0.25, 0.3) is 0 Å². The zero-order valence-corrected chi connectivity index (χ0v) is 11.3. The Morgan fingerprint density at radius 1 is 1.36 bits per heavy atom. The molecule has 0 spiro atoms. The third kappa shape index (κ3) is 2.85. The van der Waals surface area contributed by atoms with Crippen molar-refractivity contribution in [3.63, 3.8) is 0 Å². The van der Waals surface area contributed by atoms with Gasteiger partial charge < -0.3 is 4.74 Å². The molecule has 2 aromatic rings. The Kier molecular flexibility index (Phi) is 3.77. The van der Waals surface area contributed by atoms with E-state index in [1.807, 2.05) is 0 Å². The molecule has 118 valence electrons. The van der Waals surface area contributed by atoms with Crippen molar-refractivity contribution in [2.24, 2.45) is 7.05 Å². The standard InChI is InChI=1S/C12H9F4N3O3/c1-6-10(19(20)21)11(18(2)17-6)22-7-3-4-9(13)8(5-7)12(14,15)16/h3-5H,1-2H3. The van der Waals surface area contributed by atoms with Gasteiger partial charge in [0.1, 0.15) is 17.3 Å². The van der Waals surface area contributed by atoms with Gasteiger partial charge in [-0.15, -0.1) is 0 Å². The summed E-state index contributed by atoms with van der Waals surface area (Å²) in [6.07, 6.45) is -4.90. The number of hydrogen-bond acceptors (Lipinski definition) is 4. The van der Waals surface area contributed by atoms with E-state index in [1.165, 1.54) is 14.0 Å². The van der Waals surface area contributed by atoms with Crippen molar-refractivity contribution in [2.75, 3.05) is 0 Å². The molecule has 1 aromatic heterocycles. The second-order valence-corrected chi connectivity index (χ2v) is 4.36. The SMILES string of the molecule is Cc1nn(C)c(Oc2ccc(F)c(C(F)(F)F)c2)c1[N+](=O)[O-]. The number of benzene rings is 1. The lowest BCUT2D eigenvalue weighted by Crippen LogP contribution is -2.08. The number of nitro groups is 1. The van der Waals surface area contributed by atoms with E-state index in [9.17, 15) is 27.7 Å². The smallest absolute Gasteiger partial charge is 0.419 e. The van der Waals surface area contributed by atoms with E-state index in [-0.39, 0.29) is 17.3 Å². The molecule has 0 unspecified atom stereocenters. The molecule has 0 radical (unpaired) electrons. The third-order valence-corrected chi connectivity index (χ3v) is 2.78. The van der Waals surface area contributed by atoms with Gasteiger partial charge in [-0.25, -0.2) is 9.07 Å². The molecule has 0 saturated heterocycles. The maximum atomic E-state index is 13.2. The van der Waals surface area contributed by atoms with Crippen LogP contribution in [0, 0.1) is 22.9 Å². The summed E-state index contributed by atoms with van der Waals surface area (Å²) in [5.74, 6) is -2.20. The molecule has 0 aliphatic heterocycles. The number of aryl methyl sites for hydroxylation is 2. The molecule has 2 rings (SSSR count). The van der Waals surface area contributed by atoms with Crippen LogP contribution in [0.1, 0.15) is 11.3 Å². The third-order valence-electron chi connectivity index (χ3n) is 2.78. The number of nitrogens with zero attached hydrogens (tertiary/aromatic N) is 3. The first-order valence-electron chi connectivity index (χ1n) is 5.84. The summed E-state index contributed by atoms with van der Waals surface area (Å²) in [5.41, 5.74) is -1.95. The van der Waals surface area contributed by atoms with Crippen LogP contribution in [0.2, 0.25) is 0 Å². The molecule has 6 nitrogen and oxygen atoms in total. The Hall–Kier alpha value is -2.65. The van der Waals surface area contributed by atoms with Crippen molar-refractivity contribution >= 4 is 5.69 Å². The fourth-order valence-electron chi connectivity index (χ4n) is 1.85. The van der Waals surface area contributed by atoms with E-state index >= 15 is 0 Å². The van der Waals surface area contributed by atoms with E-state index in [0.717, 1.165) is 10.7 Å². The number of halogens is 4. The van der Waals surface area contributed by atoms with E-state index in [1.54, 1.807) is 0 Å². The minimum Gasteiger partial charge on any atom is -0.434 e. The summed E-state index contributed by atoms with van der Waals surface area (Å²) >= 11 is 0. The molecule has 0 aliphatic carbocycles. The van der Waals surface area contributed by atoms with E-state index < -0.39 is 28.2 Å². The monoisotopic (exact) mass is 319 g/mol. The van der Waals surface area contributed by atoms with Crippen molar-refractivity contribution in [1.82, 2.24) is 9.78 Å². The van der Waals surface area contributed by atoms with Crippen molar-refractivity contribution in [2.45, 2.75) is 13.1 Å². The molecule has 1 aromatic carbocycles. The van der Waals surface area contributed by atoms with Gasteiger partial charge in [0, 0.05) is 7.05 Å². The van der Waals surface area contributed by atoms with Gasteiger partial charge in [-0.1, -0.05) is 0 Å². The number of aromatic nitrogens is 2.